The molecule has 0 saturated carbocycles. The second-order valence-corrected chi connectivity index (χ2v) is 2.89. The van der Waals surface area contributed by atoms with Crippen molar-refractivity contribution >= 4 is 11.0 Å². The highest BCUT2D eigenvalue weighted by Gasteiger charge is 2.08. The van der Waals surface area contributed by atoms with Crippen molar-refractivity contribution in [3.05, 3.63) is 46.3 Å². The van der Waals surface area contributed by atoms with Gasteiger partial charge in [0.2, 0.25) is 6.20 Å². The highest BCUT2D eigenvalue weighted by molar-refractivity contribution is 5.75. The van der Waals surface area contributed by atoms with Crippen LogP contribution in [0, 0.1) is 17.0 Å². The molecule has 66 valence electrons. The van der Waals surface area contributed by atoms with Gasteiger partial charge in [-0.2, -0.15) is 0 Å². The molecule has 0 aliphatic heterocycles. The lowest BCUT2D eigenvalue weighted by atomic mass is 10.2. The summed E-state index contributed by atoms with van der Waals surface area (Å²) in [4.78, 5) is 11.3. The summed E-state index contributed by atoms with van der Waals surface area (Å²) >= 11 is 0. The first kappa shape index (κ1) is 7.79. The van der Waals surface area contributed by atoms with E-state index < -0.39 is 0 Å². The number of hydrogen-bond acceptors (Lipinski definition) is 2. The zero-order valence-electron chi connectivity index (χ0n) is 7.10. The average molecular weight is 176 g/mol. The lowest BCUT2D eigenvalue weighted by Gasteiger charge is -2.09. The predicted molar refractivity (Wildman–Crippen MR) is 48.8 cm³/mol. The van der Waals surface area contributed by atoms with Crippen LogP contribution in [-0.4, -0.2) is 4.73 Å². The highest BCUT2D eigenvalue weighted by atomic mass is 16.5. The molecule has 0 bridgehead atoms. The normalized spacial score (nSPS) is 10.5. The minimum Gasteiger partial charge on any atom is -0.805 e. The van der Waals surface area contributed by atoms with E-state index in [1.165, 1.54) is 12.4 Å². The van der Waals surface area contributed by atoms with Gasteiger partial charge in [-0.1, -0.05) is 12.1 Å². The van der Waals surface area contributed by atoms with E-state index in [9.17, 15) is 10.1 Å². The fourth-order valence-electron chi connectivity index (χ4n) is 1.38. The van der Waals surface area contributed by atoms with E-state index in [1.807, 2.05) is 0 Å². The summed E-state index contributed by atoms with van der Waals surface area (Å²) in [5.41, 5.74) is 1.63. The molecule has 0 spiro atoms. The molecule has 2 rings (SSSR count). The van der Waals surface area contributed by atoms with Gasteiger partial charge in [-0.25, -0.2) is 0 Å². The summed E-state index contributed by atoms with van der Waals surface area (Å²) in [6.45, 7) is 1.80. The number of hydrogen-bond donors (Lipinski definition) is 0. The van der Waals surface area contributed by atoms with Crippen LogP contribution in [0.3, 0.4) is 0 Å². The van der Waals surface area contributed by atoms with Crippen LogP contribution < -0.4 is 4.43 Å². The Balaban J connectivity index is 3.09. The fourth-order valence-corrected chi connectivity index (χ4v) is 1.38. The summed E-state index contributed by atoms with van der Waals surface area (Å²) in [7, 11) is 0. The van der Waals surface area contributed by atoms with Crippen molar-refractivity contribution in [2.24, 2.45) is 0 Å². The lowest BCUT2D eigenvalue weighted by molar-refractivity contribution is -0.464. The fraction of sp³-hybridized carbons (Fsp3) is 0.111. The van der Waals surface area contributed by atoms with Crippen LogP contribution in [0.1, 0.15) is 5.56 Å². The minimum absolute atomic E-state index is 0.400. The van der Waals surface area contributed by atoms with Crippen molar-refractivity contribution < 1.29 is 4.43 Å². The second kappa shape index (κ2) is 2.58. The molecule has 2 aromatic rings. The summed E-state index contributed by atoms with van der Waals surface area (Å²) in [5.74, 6) is 0. The molecular weight excluding hydrogens is 168 g/mol. The Kier molecular flexibility index (Phi) is 1.55. The van der Waals surface area contributed by atoms with Gasteiger partial charge in [0.15, 0.2) is 0 Å². The van der Waals surface area contributed by atoms with Crippen LogP contribution in [0.5, 0.6) is 0 Å². The molecule has 13 heavy (non-hydrogen) atoms. The van der Waals surface area contributed by atoms with E-state index in [4.69, 9.17) is 0 Å². The number of fused-ring (bicyclic) bond motifs is 1. The summed E-state index contributed by atoms with van der Waals surface area (Å²) in [6.07, 6.45) is 2.41. The first-order valence-electron chi connectivity index (χ1n) is 3.91. The zero-order chi connectivity index (χ0) is 9.42. The molecule has 0 fully saturated rings. The topological polar surface area (TPSA) is 51.0 Å². The van der Waals surface area contributed by atoms with Crippen molar-refractivity contribution in [1.29, 1.82) is 0 Å². The van der Waals surface area contributed by atoms with Crippen molar-refractivity contribution in [3.8, 4) is 0 Å². The standard InChI is InChI=1S/C9H8N2O2/c1-7-3-2-4-8-9(7)11(13)6-5-10(8)12/h2-6H,1H3. The van der Waals surface area contributed by atoms with Crippen LogP contribution in [0.2, 0.25) is 0 Å². The number of rotatable bonds is 0. The second-order valence-electron chi connectivity index (χ2n) is 2.89. The van der Waals surface area contributed by atoms with Crippen molar-refractivity contribution in [2.45, 2.75) is 6.92 Å². The SMILES string of the molecule is Cc1cccc2c1[n+](=O)ccn2[O-]. The van der Waals surface area contributed by atoms with Gasteiger partial charge in [-0.3, -0.25) is 0 Å². The number of benzene rings is 1. The molecule has 0 N–H and O–H groups in total. The quantitative estimate of drug-likeness (QED) is 0.566. The molecule has 0 amide bonds. The van der Waals surface area contributed by atoms with E-state index in [2.05, 4.69) is 0 Å². The third kappa shape index (κ3) is 1.07. The van der Waals surface area contributed by atoms with Crippen molar-refractivity contribution in [3.63, 3.8) is 0 Å². The third-order valence-corrected chi connectivity index (χ3v) is 2.01. The van der Waals surface area contributed by atoms with Crippen LogP contribution in [0.25, 0.3) is 11.0 Å². The number of aromatic nitrogens is 2. The van der Waals surface area contributed by atoms with Crippen molar-refractivity contribution in [2.75, 3.05) is 0 Å². The first-order valence-corrected chi connectivity index (χ1v) is 3.91. The van der Waals surface area contributed by atoms with E-state index >= 15 is 0 Å². The molecule has 0 aliphatic carbocycles. The Morgan fingerprint density at radius 2 is 2.23 bits per heavy atom. The molecule has 0 radical (unpaired) electrons. The maximum atomic E-state index is 11.3. The van der Waals surface area contributed by atoms with Crippen LogP contribution in [0.15, 0.2) is 30.6 Å². The Morgan fingerprint density at radius 3 is 2.92 bits per heavy atom. The van der Waals surface area contributed by atoms with E-state index in [0.29, 0.717) is 20.2 Å². The number of nitrogens with zero attached hydrogens (tertiary/aromatic N) is 2. The average Bonchev–Trinajstić information content (AvgIpc) is 2.12. The van der Waals surface area contributed by atoms with Gasteiger partial charge in [0, 0.05) is 10.5 Å². The molecule has 1 aromatic carbocycles. The van der Waals surface area contributed by atoms with Gasteiger partial charge in [0.1, 0.15) is 5.52 Å². The maximum absolute atomic E-state index is 11.3. The molecule has 0 saturated heterocycles. The lowest BCUT2D eigenvalue weighted by Crippen LogP contribution is -2.17. The van der Waals surface area contributed by atoms with Crippen LogP contribution >= 0.6 is 0 Å². The zero-order valence-corrected chi connectivity index (χ0v) is 7.10. The molecule has 4 heteroatoms. The molecule has 4 nitrogen and oxygen atoms in total. The number of para-hydroxylation sites is 1. The summed E-state index contributed by atoms with van der Waals surface area (Å²) in [6, 6.07) is 5.19. The minimum atomic E-state index is 0.400. The van der Waals surface area contributed by atoms with Gasteiger partial charge in [0.25, 0.3) is 5.52 Å². The van der Waals surface area contributed by atoms with Gasteiger partial charge in [0.05, 0.1) is 10.6 Å². The summed E-state index contributed by atoms with van der Waals surface area (Å²) < 4.78 is 1.40. The van der Waals surface area contributed by atoms with Gasteiger partial charge < -0.3 is 9.94 Å². The van der Waals surface area contributed by atoms with Gasteiger partial charge in [-0.15, -0.1) is 0 Å². The Bertz CT molecular complexity index is 516. The molecule has 0 unspecified atom stereocenters. The van der Waals surface area contributed by atoms with Crippen LogP contribution in [0.4, 0.5) is 0 Å². The summed E-state index contributed by atoms with van der Waals surface area (Å²) in [5, 5.41) is 11.2. The highest BCUT2D eigenvalue weighted by Crippen LogP contribution is 2.11. The monoisotopic (exact) mass is 176 g/mol. The molecule has 1 heterocycles. The largest absolute Gasteiger partial charge is 0.805 e. The molecule has 0 aliphatic rings. The maximum Gasteiger partial charge on any atom is 0.288 e. The smallest absolute Gasteiger partial charge is 0.288 e. The van der Waals surface area contributed by atoms with E-state index in [-0.39, 0.29) is 0 Å². The Morgan fingerprint density at radius 1 is 1.46 bits per heavy atom. The van der Waals surface area contributed by atoms with Gasteiger partial charge in [-0.05, 0) is 13.0 Å². The third-order valence-electron chi connectivity index (χ3n) is 2.01. The molecule has 0 atom stereocenters. The van der Waals surface area contributed by atoms with Gasteiger partial charge >= 0.3 is 0 Å². The Labute approximate surface area is 74.2 Å². The molecule has 1 aromatic heterocycles. The number of aryl methyl sites for hydroxylation is 1. The molecular formula is C9H8N2O2. The Hall–Kier alpha value is -1.84. The van der Waals surface area contributed by atoms with E-state index in [0.717, 1.165) is 5.56 Å². The van der Waals surface area contributed by atoms with Crippen LogP contribution in [-0.2, 0) is 0 Å². The predicted octanol–water partition coefficient (Wildman–Crippen LogP) is 1.21. The first-order chi connectivity index (χ1) is 6.20. The van der Waals surface area contributed by atoms with E-state index in [1.54, 1.807) is 25.1 Å². The van der Waals surface area contributed by atoms with Crippen molar-refractivity contribution in [1.82, 2.24) is 4.73 Å².